The molecule has 28 heavy (non-hydrogen) atoms. The molecule has 7 heteroatoms. The maximum absolute atomic E-state index is 12.5. The Morgan fingerprint density at radius 3 is 3.18 bits per heavy atom. The Bertz CT molecular complexity index is 995. The zero-order valence-corrected chi connectivity index (χ0v) is 16.3. The number of nitrogens with one attached hydrogen (secondary N) is 2. The van der Waals surface area contributed by atoms with E-state index in [9.17, 15) is 4.79 Å². The van der Waals surface area contributed by atoms with Crippen molar-refractivity contribution in [2.75, 3.05) is 18.7 Å². The standard InChI is InChI=1S/C21H21N3O3S/c1-12-20(15-3-4-16-14(10-15)6-7-22-16)24-21(28-12)23-19(25)9-13-2-5-17-18(8-13)27-11-26-17/h2-5,8,10,14,16,22H,6-7,9,11H2,1H3,(H,23,24,25). The summed E-state index contributed by atoms with van der Waals surface area (Å²) in [7, 11) is 0. The normalized spacial score (nSPS) is 22.1. The number of carbonyl (C=O) groups is 1. The van der Waals surface area contributed by atoms with Gasteiger partial charge in [0, 0.05) is 10.9 Å². The van der Waals surface area contributed by atoms with Crippen LogP contribution in [0, 0.1) is 12.8 Å². The SMILES string of the molecule is Cc1sc(NC(=O)Cc2ccc3c(c2)OCO3)nc1C1=CC2CCNC2C=C1. The third kappa shape index (κ3) is 3.31. The van der Waals surface area contributed by atoms with E-state index in [2.05, 4.69) is 33.8 Å². The van der Waals surface area contributed by atoms with Crippen LogP contribution in [0.4, 0.5) is 5.13 Å². The van der Waals surface area contributed by atoms with Crippen molar-refractivity contribution < 1.29 is 14.3 Å². The number of ether oxygens (including phenoxy) is 2. The van der Waals surface area contributed by atoms with Crippen LogP contribution in [0.3, 0.4) is 0 Å². The van der Waals surface area contributed by atoms with E-state index in [-0.39, 0.29) is 19.1 Å². The van der Waals surface area contributed by atoms with E-state index in [0.717, 1.165) is 40.4 Å². The molecular formula is C21H21N3O3S. The number of allylic oxidation sites excluding steroid dienone is 2. The lowest BCUT2D eigenvalue weighted by molar-refractivity contribution is -0.115. The second-order valence-corrected chi connectivity index (χ2v) is 8.45. The lowest BCUT2D eigenvalue weighted by atomic mass is 9.91. The second kappa shape index (κ2) is 7.07. The van der Waals surface area contributed by atoms with E-state index in [1.54, 1.807) is 0 Å². The Hall–Kier alpha value is -2.64. The molecule has 0 bridgehead atoms. The van der Waals surface area contributed by atoms with Gasteiger partial charge in [0.25, 0.3) is 0 Å². The summed E-state index contributed by atoms with van der Waals surface area (Å²) in [6.07, 6.45) is 8.10. The second-order valence-electron chi connectivity index (χ2n) is 7.25. The molecule has 1 saturated heterocycles. The highest BCUT2D eigenvalue weighted by Crippen LogP contribution is 2.34. The Morgan fingerprint density at radius 2 is 2.25 bits per heavy atom. The van der Waals surface area contributed by atoms with Crippen molar-refractivity contribution in [3.05, 3.63) is 52.6 Å². The van der Waals surface area contributed by atoms with Gasteiger partial charge in [-0.25, -0.2) is 4.98 Å². The molecule has 1 amide bonds. The maximum atomic E-state index is 12.5. The molecule has 144 valence electrons. The largest absolute Gasteiger partial charge is 0.454 e. The molecule has 6 nitrogen and oxygen atoms in total. The summed E-state index contributed by atoms with van der Waals surface area (Å²) in [6.45, 7) is 3.34. The number of fused-ring (bicyclic) bond motifs is 2. The van der Waals surface area contributed by atoms with Crippen LogP contribution in [-0.4, -0.2) is 30.3 Å². The van der Waals surface area contributed by atoms with Gasteiger partial charge in [-0.3, -0.25) is 4.79 Å². The van der Waals surface area contributed by atoms with E-state index in [4.69, 9.17) is 9.47 Å². The number of carbonyl (C=O) groups excluding carboxylic acids is 1. The predicted octanol–water partition coefficient (Wildman–Crippen LogP) is 3.29. The smallest absolute Gasteiger partial charge is 0.231 e. The maximum Gasteiger partial charge on any atom is 0.231 e. The average Bonchev–Trinajstić information content (AvgIpc) is 3.40. The topological polar surface area (TPSA) is 72.5 Å². The van der Waals surface area contributed by atoms with Gasteiger partial charge >= 0.3 is 0 Å². The predicted molar refractivity (Wildman–Crippen MR) is 109 cm³/mol. The Kier molecular flexibility index (Phi) is 4.41. The number of hydrogen-bond donors (Lipinski definition) is 2. The first kappa shape index (κ1) is 17.5. The van der Waals surface area contributed by atoms with E-state index < -0.39 is 0 Å². The van der Waals surface area contributed by atoms with Gasteiger partial charge in [-0.05, 0) is 49.1 Å². The lowest BCUT2D eigenvalue weighted by Gasteiger charge is -2.18. The van der Waals surface area contributed by atoms with Crippen LogP contribution in [0.5, 0.6) is 11.5 Å². The number of amides is 1. The van der Waals surface area contributed by atoms with Gasteiger partial charge in [-0.1, -0.05) is 24.3 Å². The molecule has 1 aromatic heterocycles. The Labute approximate surface area is 167 Å². The van der Waals surface area contributed by atoms with Gasteiger partial charge in [-0.15, -0.1) is 11.3 Å². The number of aryl methyl sites for hydroxylation is 1. The van der Waals surface area contributed by atoms with E-state index in [1.807, 2.05) is 25.1 Å². The van der Waals surface area contributed by atoms with Crippen molar-refractivity contribution in [2.45, 2.75) is 25.8 Å². The molecule has 3 aliphatic rings. The summed E-state index contributed by atoms with van der Waals surface area (Å²) >= 11 is 1.51. The molecule has 2 aromatic rings. The molecule has 2 N–H and O–H groups in total. The molecule has 2 atom stereocenters. The highest BCUT2D eigenvalue weighted by atomic mass is 32.1. The quantitative estimate of drug-likeness (QED) is 0.831. The van der Waals surface area contributed by atoms with Crippen LogP contribution in [0.15, 0.2) is 36.4 Å². The van der Waals surface area contributed by atoms with Crippen molar-refractivity contribution in [3.63, 3.8) is 0 Å². The fraction of sp³-hybridized carbons (Fsp3) is 0.333. The van der Waals surface area contributed by atoms with Gasteiger partial charge in [0.05, 0.1) is 12.1 Å². The lowest BCUT2D eigenvalue weighted by Crippen LogP contribution is -2.25. The molecule has 5 rings (SSSR count). The summed E-state index contributed by atoms with van der Waals surface area (Å²) in [5.74, 6) is 1.85. The molecule has 0 spiro atoms. The van der Waals surface area contributed by atoms with Crippen molar-refractivity contribution >= 4 is 27.9 Å². The van der Waals surface area contributed by atoms with Gasteiger partial charge in [0.2, 0.25) is 12.7 Å². The first-order chi connectivity index (χ1) is 13.7. The van der Waals surface area contributed by atoms with Crippen LogP contribution in [0.25, 0.3) is 5.57 Å². The van der Waals surface area contributed by atoms with Crippen molar-refractivity contribution in [2.24, 2.45) is 5.92 Å². The van der Waals surface area contributed by atoms with E-state index in [0.29, 0.717) is 22.8 Å². The Morgan fingerprint density at radius 1 is 1.36 bits per heavy atom. The molecule has 0 saturated carbocycles. The fourth-order valence-corrected chi connectivity index (χ4v) is 4.77. The highest BCUT2D eigenvalue weighted by Gasteiger charge is 2.27. The molecule has 1 fully saturated rings. The number of rotatable bonds is 4. The Balaban J connectivity index is 1.28. The molecular weight excluding hydrogens is 374 g/mol. The fourth-order valence-electron chi connectivity index (χ4n) is 3.91. The van der Waals surface area contributed by atoms with Crippen molar-refractivity contribution in [1.29, 1.82) is 0 Å². The molecule has 1 aromatic carbocycles. The molecule has 3 heterocycles. The minimum absolute atomic E-state index is 0.0904. The monoisotopic (exact) mass is 395 g/mol. The summed E-state index contributed by atoms with van der Waals surface area (Å²) < 4.78 is 10.7. The first-order valence-electron chi connectivity index (χ1n) is 9.45. The first-order valence-corrected chi connectivity index (χ1v) is 10.3. The minimum atomic E-state index is -0.0904. The van der Waals surface area contributed by atoms with Crippen LogP contribution < -0.4 is 20.1 Å². The van der Waals surface area contributed by atoms with Gasteiger partial charge in [0.15, 0.2) is 16.6 Å². The molecule has 2 aliphatic heterocycles. The average molecular weight is 395 g/mol. The minimum Gasteiger partial charge on any atom is -0.454 e. The van der Waals surface area contributed by atoms with E-state index in [1.165, 1.54) is 11.3 Å². The van der Waals surface area contributed by atoms with E-state index >= 15 is 0 Å². The summed E-state index contributed by atoms with van der Waals surface area (Å²) in [6, 6.07) is 6.02. The molecule has 1 aliphatic carbocycles. The number of thiazole rings is 1. The van der Waals surface area contributed by atoms with Gasteiger partial charge in [0.1, 0.15) is 0 Å². The number of anilines is 1. The molecule has 2 unspecified atom stereocenters. The van der Waals surface area contributed by atoms with Gasteiger partial charge < -0.3 is 20.1 Å². The number of hydrogen-bond acceptors (Lipinski definition) is 6. The van der Waals surface area contributed by atoms with Crippen LogP contribution >= 0.6 is 11.3 Å². The third-order valence-electron chi connectivity index (χ3n) is 5.31. The molecule has 0 radical (unpaired) electrons. The summed E-state index contributed by atoms with van der Waals surface area (Å²) in [4.78, 5) is 18.3. The third-order valence-corrected chi connectivity index (χ3v) is 6.20. The van der Waals surface area contributed by atoms with Crippen molar-refractivity contribution in [1.82, 2.24) is 10.3 Å². The highest BCUT2D eigenvalue weighted by molar-refractivity contribution is 7.15. The zero-order valence-electron chi connectivity index (χ0n) is 15.5. The zero-order chi connectivity index (χ0) is 19.1. The summed E-state index contributed by atoms with van der Waals surface area (Å²) in [5.41, 5.74) is 2.99. The van der Waals surface area contributed by atoms with Gasteiger partial charge in [-0.2, -0.15) is 0 Å². The van der Waals surface area contributed by atoms with Crippen LogP contribution in [0.1, 0.15) is 22.6 Å². The van der Waals surface area contributed by atoms with Crippen molar-refractivity contribution in [3.8, 4) is 11.5 Å². The number of nitrogens with zero attached hydrogens (tertiary/aromatic N) is 1. The van der Waals surface area contributed by atoms with Crippen LogP contribution in [-0.2, 0) is 11.2 Å². The summed E-state index contributed by atoms with van der Waals surface area (Å²) in [5, 5.41) is 7.07. The van der Waals surface area contributed by atoms with Crippen LogP contribution in [0.2, 0.25) is 0 Å². The number of benzene rings is 1. The number of aromatic nitrogens is 1.